The molecule has 1 aliphatic heterocycles. The molecule has 62 valence electrons. The van der Waals surface area contributed by atoms with E-state index in [9.17, 15) is 0 Å². The molecular formula is C10H16S. The first kappa shape index (κ1) is 7.72. The fraction of sp³-hybridized carbons (Fsp3) is 0.800. The molecule has 0 spiro atoms. The maximum atomic E-state index is 2.43. The van der Waals surface area contributed by atoms with Crippen LogP contribution in [0.15, 0.2) is 12.2 Å². The largest absolute Gasteiger partial charge is 0.150 e. The third-order valence-electron chi connectivity index (χ3n) is 2.64. The molecule has 1 heteroatoms. The van der Waals surface area contributed by atoms with Gasteiger partial charge in [0.15, 0.2) is 0 Å². The Labute approximate surface area is 73.4 Å². The minimum Gasteiger partial charge on any atom is -0.150 e. The summed E-state index contributed by atoms with van der Waals surface area (Å²) in [6.07, 6.45) is 6.22. The molecule has 2 aliphatic rings. The average Bonchev–Trinajstić information content (AvgIpc) is 2.42. The first-order valence-corrected chi connectivity index (χ1v) is 5.35. The Morgan fingerprint density at radius 1 is 1.27 bits per heavy atom. The first-order valence-electron chi connectivity index (χ1n) is 4.41. The van der Waals surface area contributed by atoms with Gasteiger partial charge in [0.1, 0.15) is 0 Å². The van der Waals surface area contributed by atoms with E-state index in [1.54, 1.807) is 0 Å². The average molecular weight is 168 g/mol. The summed E-state index contributed by atoms with van der Waals surface area (Å²) < 4.78 is 0. The molecule has 2 bridgehead atoms. The van der Waals surface area contributed by atoms with Gasteiger partial charge in [0.25, 0.3) is 0 Å². The van der Waals surface area contributed by atoms with E-state index in [0.29, 0.717) is 5.41 Å². The van der Waals surface area contributed by atoms with Crippen molar-refractivity contribution < 1.29 is 0 Å². The molecule has 0 N–H and O–H groups in total. The molecule has 1 aliphatic carbocycles. The van der Waals surface area contributed by atoms with E-state index in [1.165, 1.54) is 6.42 Å². The lowest BCUT2D eigenvalue weighted by Gasteiger charge is -2.31. The zero-order valence-corrected chi connectivity index (χ0v) is 8.32. The van der Waals surface area contributed by atoms with Gasteiger partial charge in [-0.1, -0.05) is 32.9 Å². The smallest absolute Gasteiger partial charge is 0.0236 e. The number of rotatable bonds is 0. The highest BCUT2D eigenvalue weighted by Crippen LogP contribution is 2.51. The highest BCUT2D eigenvalue weighted by molar-refractivity contribution is 8.01. The van der Waals surface area contributed by atoms with E-state index in [2.05, 4.69) is 44.7 Å². The Morgan fingerprint density at radius 2 is 2.00 bits per heavy atom. The molecule has 0 nitrogen and oxygen atoms in total. The zero-order valence-electron chi connectivity index (χ0n) is 7.50. The Kier molecular flexibility index (Phi) is 1.61. The highest BCUT2D eigenvalue weighted by Gasteiger charge is 2.42. The molecule has 0 amide bonds. The third-order valence-corrected chi connectivity index (χ3v) is 4.69. The van der Waals surface area contributed by atoms with Crippen molar-refractivity contribution in [1.29, 1.82) is 0 Å². The molecule has 2 rings (SSSR count). The van der Waals surface area contributed by atoms with Crippen molar-refractivity contribution in [2.24, 2.45) is 11.3 Å². The number of fused-ring (bicyclic) bond motifs is 2. The second kappa shape index (κ2) is 2.29. The van der Waals surface area contributed by atoms with Gasteiger partial charge >= 0.3 is 0 Å². The second-order valence-corrected chi connectivity index (χ2v) is 6.13. The van der Waals surface area contributed by atoms with Crippen molar-refractivity contribution >= 4 is 11.8 Å². The van der Waals surface area contributed by atoms with Crippen molar-refractivity contribution in [3.8, 4) is 0 Å². The van der Waals surface area contributed by atoms with Gasteiger partial charge in [-0.3, -0.25) is 0 Å². The van der Waals surface area contributed by atoms with Crippen LogP contribution in [0.2, 0.25) is 0 Å². The van der Waals surface area contributed by atoms with Crippen LogP contribution in [0, 0.1) is 11.3 Å². The SMILES string of the molecule is CC(C)(C)[C@@H]1S[C@@H]2C=C[C@H]1C2. The van der Waals surface area contributed by atoms with Gasteiger partial charge in [-0.25, -0.2) is 0 Å². The van der Waals surface area contributed by atoms with Crippen molar-refractivity contribution in [2.45, 2.75) is 37.7 Å². The van der Waals surface area contributed by atoms with E-state index >= 15 is 0 Å². The molecule has 11 heavy (non-hydrogen) atoms. The molecule has 1 saturated heterocycles. The Morgan fingerprint density at radius 3 is 2.27 bits per heavy atom. The summed E-state index contributed by atoms with van der Waals surface area (Å²) in [7, 11) is 0. The summed E-state index contributed by atoms with van der Waals surface area (Å²) in [5.41, 5.74) is 0.495. The van der Waals surface area contributed by atoms with Crippen LogP contribution in [-0.2, 0) is 0 Å². The zero-order chi connectivity index (χ0) is 8.06. The number of allylic oxidation sites excluding steroid dienone is 1. The predicted molar refractivity (Wildman–Crippen MR) is 51.9 cm³/mol. The quantitative estimate of drug-likeness (QED) is 0.501. The molecule has 0 radical (unpaired) electrons. The maximum Gasteiger partial charge on any atom is 0.0236 e. The maximum absolute atomic E-state index is 2.43. The minimum atomic E-state index is 0.495. The summed E-state index contributed by atoms with van der Waals surface area (Å²) >= 11 is 2.18. The topological polar surface area (TPSA) is 0 Å². The van der Waals surface area contributed by atoms with E-state index < -0.39 is 0 Å². The normalized spacial score (nSPS) is 41.9. The van der Waals surface area contributed by atoms with Gasteiger partial charge in [-0.05, 0) is 17.8 Å². The van der Waals surface area contributed by atoms with Crippen molar-refractivity contribution in [1.82, 2.24) is 0 Å². The summed E-state index contributed by atoms with van der Waals surface area (Å²) in [6.45, 7) is 7.08. The van der Waals surface area contributed by atoms with Crippen LogP contribution in [-0.4, -0.2) is 10.5 Å². The van der Waals surface area contributed by atoms with E-state index in [1.807, 2.05) is 0 Å². The molecule has 0 aromatic heterocycles. The Bertz CT molecular complexity index is 188. The molecule has 1 fully saturated rings. The molecular weight excluding hydrogens is 152 g/mol. The van der Waals surface area contributed by atoms with Crippen molar-refractivity contribution in [3.05, 3.63) is 12.2 Å². The van der Waals surface area contributed by atoms with Gasteiger partial charge in [0.2, 0.25) is 0 Å². The summed E-state index contributed by atoms with van der Waals surface area (Å²) in [5, 5.41) is 1.72. The van der Waals surface area contributed by atoms with Crippen LogP contribution in [0.25, 0.3) is 0 Å². The van der Waals surface area contributed by atoms with Gasteiger partial charge in [0, 0.05) is 10.5 Å². The van der Waals surface area contributed by atoms with Crippen LogP contribution >= 0.6 is 11.8 Å². The molecule has 0 aromatic carbocycles. The van der Waals surface area contributed by atoms with Crippen molar-refractivity contribution in [2.75, 3.05) is 0 Å². The Hall–Kier alpha value is 0.0900. The molecule has 3 atom stereocenters. The van der Waals surface area contributed by atoms with Crippen molar-refractivity contribution in [3.63, 3.8) is 0 Å². The van der Waals surface area contributed by atoms with Gasteiger partial charge in [0.05, 0.1) is 0 Å². The summed E-state index contributed by atoms with van der Waals surface area (Å²) in [4.78, 5) is 0. The summed E-state index contributed by atoms with van der Waals surface area (Å²) in [6, 6.07) is 0. The second-order valence-electron chi connectivity index (χ2n) is 4.75. The highest BCUT2D eigenvalue weighted by atomic mass is 32.2. The van der Waals surface area contributed by atoms with Crippen LogP contribution in [0.3, 0.4) is 0 Å². The van der Waals surface area contributed by atoms with E-state index in [0.717, 1.165) is 16.4 Å². The van der Waals surface area contributed by atoms with E-state index in [4.69, 9.17) is 0 Å². The number of thioether (sulfide) groups is 1. The number of hydrogen-bond acceptors (Lipinski definition) is 1. The number of hydrogen-bond donors (Lipinski definition) is 0. The molecule has 0 aromatic rings. The van der Waals surface area contributed by atoms with Gasteiger partial charge in [-0.15, -0.1) is 11.8 Å². The first-order chi connectivity index (χ1) is 5.07. The minimum absolute atomic E-state index is 0.495. The molecule has 0 saturated carbocycles. The predicted octanol–water partition coefficient (Wildman–Crippen LogP) is 3.09. The lowest BCUT2D eigenvalue weighted by Crippen LogP contribution is -2.26. The Balaban J connectivity index is 2.15. The lowest BCUT2D eigenvalue weighted by atomic mass is 9.84. The van der Waals surface area contributed by atoms with Gasteiger partial charge < -0.3 is 0 Å². The monoisotopic (exact) mass is 168 g/mol. The lowest BCUT2D eigenvalue weighted by molar-refractivity contribution is 0.350. The van der Waals surface area contributed by atoms with Crippen LogP contribution < -0.4 is 0 Å². The molecule has 0 unspecified atom stereocenters. The van der Waals surface area contributed by atoms with Gasteiger partial charge in [-0.2, -0.15) is 0 Å². The fourth-order valence-electron chi connectivity index (χ4n) is 2.15. The van der Waals surface area contributed by atoms with Crippen LogP contribution in [0.5, 0.6) is 0 Å². The fourth-order valence-corrected chi connectivity index (χ4v) is 3.86. The summed E-state index contributed by atoms with van der Waals surface area (Å²) in [5.74, 6) is 0.880. The van der Waals surface area contributed by atoms with Crippen LogP contribution in [0.4, 0.5) is 0 Å². The van der Waals surface area contributed by atoms with Crippen LogP contribution in [0.1, 0.15) is 27.2 Å². The standard InChI is InChI=1S/C10H16S/c1-10(2,3)9-7-4-5-8(6-7)11-9/h4-5,7-9H,6H2,1-3H3/t7-,8+,9+/m0/s1. The van der Waals surface area contributed by atoms with E-state index in [-0.39, 0.29) is 0 Å². The molecule has 1 heterocycles. The third kappa shape index (κ3) is 1.24.